The Bertz CT molecular complexity index is 330. The summed E-state index contributed by atoms with van der Waals surface area (Å²) in [5.41, 5.74) is 5.13. The number of carbonyl (C=O) groups is 1. The number of ether oxygens (including phenoxy) is 1. The SMILES string of the molecule is CCC(N)(CCCOC1CC(C)CC(C)(C)C1)C(=O)O. The summed E-state index contributed by atoms with van der Waals surface area (Å²) < 4.78 is 5.96. The first-order chi connectivity index (χ1) is 9.18. The zero-order valence-electron chi connectivity index (χ0n) is 13.4. The van der Waals surface area contributed by atoms with Crippen LogP contribution in [0.25, 0.3) is 0 Å². The van der Waals surface area contributed by atoms with Gasteiger partial charge in [-0.05, 0) is 49.9 Å². The fourth-order valence-electron chi connectivity index (χ4n) is 3.46. The maximum Gasteiger partial charge on any atom is 0.323 e. The van der Waals surface area contributed by atoms with Gasteiger partial charge in [0.2, 0.25) is 0 Å². The summed E-state index contributed by atoms with van der Waals surface area (Å²) in [4.78, 5) is 11.1. The minimum Gasteiger partial charge on any atom is -0.480 e. The molecule has 1 fully saturated rings. The number of aliphatic carboxylic acids is 1. The lowest BCUT2D eigenvalue weighted by Gasteiger charge is -2.38. The number of carboxylic acids is 1. The maximum absolute atomic E-state index is 11.1. The monoisotopic (exact) mass is 285 g/mol. The van der Waals surface area contributed by atoms with Gasteiger partial charge in [0.05, 0.1) is 6.10 Å². The van der Waals surface area contributed by atoms with Crippen LogP contribution in [-0.4, -0.2) is 29.3 Å². The molecule has 0 aromatic rings. The Hall–Kier alpha value is -0.610. The zero-order chi connectivity index (χ0) is 15.4. The van der Waals surface area contributed by atoms with Gasteiger partial charge < -0.3 is 15.6 Å². The van der Waals surface area contributed by atoms with E-state index in [-0.39, 0.29) is 0 Å². The molecule has 0 spiro atoms. The first kappa shape index (κ1) is 17.4. The maximum atomic E-state index is 11.1. The van der Waals surface area contributed by atoms with Crippen LogP contribution in [0.15, 0.2) is 0 Å². The van der Waals surface area contributed by atoms with E-state index in [0.29, 0.717) is 43.3 Å². The average Bonchev–Trinajstić information content (AvgIpc) is 2.31. The van der Waals surface area contributed by atoms with Crippen molar-refractivity contribution in [2.45, 2.75) is 77.9 Å². The Kier molecular flexibility index (Phi) is 6.02. The van der Waals surface area contributed by atoms with Crippen molar-refractivity contribution < 1.29 is 14.6 Å². The van der Waals surface area contributed by atoms with Gasteiger partial charge in [0, 0.05) is 6.61 Å². The van der Waals surface area contributed by atoms with Crippen LogP contribution in [0.2, 0.25) is 0 Å². The number of carboxylic acid groups (broad SMARTS) is 1. The third-order valence-corrected chi connectivity index (χ3v) is 4.52. The Morgan fingerprint density at radius 1 is 1.45 bits per heavy atom. The molecule has 0 amide bonds. The highest BCUT2D eigenvalue weighted by Gasteiger charge is 2.33. The quantitative estimate of drug-likeness (QED) is 0.705. The summed E-state index contributed by atoms with van der Waals surface area (Å²) in [6, 6.07) is 0. The fourth-order valence-corrected chi connectivity index (χ4v) is 3.46. The van der Waals surface area contributed by atoms with Crippen LogP contribution < -0.4 is 5.73 Å². The van der Waals surface area contributed by atoms with Crippen LogP contribution in [0.3, 0.4) is 0 Å². The van der Waals surface area contributed by atoms with Crippen molar-refractivity contribution in [1.82, 2.24) is 0 Å². The molecule has 1 aliphatic carbocycles. The van der Waals surface area contributed by atoms with E-state index in [1.165, 1.54) is 6.42 Å². The normalized spacial score (nSPS) is 28.9. The Morgan fingerprint density at radius 3 is 2.60 bits per heavy atom. The van der Waals surface area contributed by atoms with Gasteiger partial charge in [0.25, 0.3) is 0 Å². The van der Waals surface area contributed by atoms with E-state index in [4.69, 9.17) is 15.6 Å². The van der Waals surface area contributed by atoms with Gasteiger partial charge in [-0.25, -0.2) is 0 Å². The van der Waals surface area contributed by atoms with Gasteiger partial charge >= 0.3 is 5.97 Å². The lowest BCUT2D eigenvalue weighted by Crippen LogP contribution is -2.47. The smallest absolute Gasteiger partial charge is 0.323 e. The lowest BCUT2D eigenvalue weighted by atomic mass is 9.71. The van der Waals surface area contributed by atoms with E-state index in [2.05, 4.69) is 20.8 Å². The Morgan fingerprint density at radius 2 is 2.10 bits per heavy atom. The molecule has 0 aromatic heterocycles. The molecule has 4 nitrogen and oxygen atoms in total. The van der Waals surface area contributed by atoms with E-state index in [0.717, 1.165) is 12.8 Å². The second kappa shape index (κ2) is 6.90. The van der Waals surface area contributed by atoms with E-state index in [1.54, 1.807) is 0 Å². The highest BCUT2D eigenvalue weighted by molar-refractivity contribution is 5.78. The highest BCUT2D eigenvalue weighted by atomic mass is 16.5. The minimum absolute atomic E-state index is 0.312. The van der Waals surface area contributed by atoms with E-state index < -0.39 is 11.5 Å². The molecule has 0 bridgehead atoms. The first-order valence-corrected chi connectivity index (χ1v) is 7.82. The molecule has 1 aliphatic rings. The zero-order valence-corrected chi connectivity index (χ0v) is 13.4. The molecule has 0 aliphatic heterocycles. The third-order valence-electron chi connectivity index (χ3n) is 4.52. The molecule has 0 radical (unpaired) electrons. The molecular weight excluding hydrogens is 254 g/mol. The van der Waals surface area contributed by atoms with Crippen molar-refractivity contribution in [3.63, 3.8) is 0 Å². The molecule has 4 heteroatoms. The van der Waals surface area contributed by atoms with Crippen molar-refractivity contribution in [1.29, 1.82) is 0 Å². The van der Waals surface area contributed by atoms with E-state index >= 15 is 0 Å². The van der Waals surface area contributed by atoms with Crippen LogP contribution in [0, 0.1) is 11.3 Å². The standard InChI is InChI=1S/C16H31NO3/c1-5-16(17,14(18)19)7-6-8-20-13-9-12(2)10-15(3,4)11-13/h12-13H,5-11,17H2,1-4H3,(H,18,19). The van der Waals surface area contributed by atoms with Crippen LogP contribution in [0.4, 0.5) is 0 Å². The van der Waals surface area contributed by atoms with Gasteiger partial charge in [0.15, 0.2) is 0 Å². The topological polar surface area (TPSA) is 72.5 Å². The summed E-state index contributed by atoms with van der Waals surface area (Å²) in [6.45, 7) is 9.31. The number of rotatable bonds is 7. The molecule has 118 valence electrons. The van der Waals surface area contributed by atoms with Crippen LogP contribution in [-0.2, 0) is 9.53 Å². The summed E-state index contributed by atoms with van der Waals surface area (Å²) >= 11 is 0. The van der Waals surface area contributed by atoms with Gasteiger partial charge in [-0.2, -0.15) is 0 Å². The Balaban J connectivity index is 2.32. The fraction of sp³-hybridized carbons (Fsp3) is 0.938. The number of hydrogen-bond donors (Lipinski definition) is 2. The highest BCUT2D eigenvalue weighted by Crippen LogP contribution is 2.39. The van der Waals surface area contributed by atoms with Gasteiger partial charge in [0.1, 0.15) is 5.54 Å². The van der Waals surface area contributed by atoms with Crippen molar-refractivity contribution in [2.24, 2.45) is 17.1 Å². The van der Waals surface area contributed by atoms with Crippen LogP contribution >= 0.6 is 0 Å². The second-order valence-electron chi connectivity index (χ2n) is 7.32. The third kappa shape index (κ3) is 5.06. The molecule has 3 N–H and O–H groups in total. The van der Waals surface area contributed by atoms with Gasteiger partial charge in [-0.1, -0.05) is 27.7 Å². The van der Waals surface area contributed by atoms with Gasteiger partial charge in [-0.3, -0.25) is 4.79 Å². The van der Waals surface area contributed by atoms with E-state index in [1.807, 2.05) is 6.92 Å². The molecule has 20 heavy (non-hydrogen) atoms. The Labute approximate surface area is 123 Å². The molecule has 0 aromatic carbocycles. The summed E-state index contributed by atoms with van der Waals surface area (Å²) in [7, 11) is 0. The van der Waals surface area contributed by atoms with Crippen molar-refractivity contribution >= 4 is 5.97 Å². The van der Waals surface area contributed by atoms with E-state index in [9.17, 15) is 4.79 Å². The van der Waals surface area contributed by atoms with Crippen molar-refractivity contribution in [3.05, 3.63) is 0 Å². The molecule has 3 atom stereocenters. The first-order valence-electron chi connectivity index (χ1n) is 7.82. The molecule has 0 heterocycles. The van der Waals surface area contributed by atoms with Crippen molar-refractivity contribution in [2.75, 3.05) is 6.61 Å². The molecular formula is C16H31NO3. The second-order valence-corrected chi connectivity index (χ2v) is 7.32. The van der Waals surface area contributed by atoms with Crippen molar-refractivity contribution in [3.8, 4) is 0 Å². The van der Waals surface area contributed by atoms with Crippen LogP contribution in [0.5, 0.6) is 0 Å². The minimum atomic E-state index is -1.09. The molecule has 1 saturated carbocycles. The predicted molar refractivity (Wildman–Crippen MR) is 80.6 cm³/mol. The summed E-state index contributed by atoms with van der Waals surface area (Å²) in [6.07, 6.45) is 5.42. The van der Waals surface area contributed by atoms with Crippen LogP contribution in [0.1, 0.15) is 66.2 Å². The predicted octanol–water partition coefficient (Wildman–Crippen LogP) is 3.19. The summed E-state index contributed by atoms with van der Waals surface area (Å²) in [5, 5.41) is 9.12. The molecule has 1 rings (SSSR count). The number of nitrogens with two attached hydrogens (primary N) is 1. The van der Waals surface area contributed by atoms with Gasteiger partial charge in [-0.15, -0.1) is 0 Å². The largest absolute Gasteiger partial charge is 0.480 e. The lowest BCUT2D eigenvalue weighted by molar-refractivity contribution is -0.144. The molecule has 0 saturated heterocycles. The average molecular weight is 285 g/mol. The number of hydrogen-bond acceptors (Lipinski definition) is 3. The summed E-state index contributed by atoms with van der Waals surface area (Å²) in [5.74, 6) is -0.209. The molecule has 3 unspecified atom stereocenters.